The van der Waals surface area contributed by atoms with E-state index in [0.29, 0.717) is 0 Å². The molecule has 0 saturated carbocycles. The number of aromatic nitrogens is 1. The molecule has 0 fully saturated rings. The Hall–Kier alpha value is -2.57. The fraction of sp³-hybridized carbons (Fsp3) is 0.423. The quantitative estimate of drug-likeness (QED) is 0.528. The van der Waals surface area contributed by atoms with Crippen molar-refractivity contribution >= 4 is 23.1 Å². The van der Waals surface area contributed by atoms with E-state index in [0.717, 1.165) is 44.6 Å². The van der Waals surface area contributed by atoms with E-state index in [2.05, 4.69) is 70.6 Å². The Morgan fingerprint density at radius 3 is 2.72 bits per heavy atom. The van der Waals surface area contributed by atoms with Crippen molar-refractivity contribution in [3.05, 3.63) is 69.9 Å². The molecule has 0 radical (unpaired) electrons. The second-order valence-electron chi connectivity index (χ2n) is 8.90. The van der Waals surface area contributed by atoms with Gasteiger partial charge in [-0.3, -0.25) is 4.90 Å². The van der Waals surface area contributed by atoms with Gasteiger partial charge in [0, 0.05) is 41.6 Å². The van der Waals surface area contributed by atoms with Crippen LogP contribution >= 0.6 is 11.3 Å². The minimum atomic E-state index is -0.124. The Balaban J connectivity index is 1.39. The molecule has 2 aliphatic rings. The van der Waals surface area contributed by atoms with Crippen LogP contribution in [0, 0.1) is 0 Å². The number of hydrogen-bond acceptors (Lipinski definition) is 3. The zero-order valence-electron chi connectivity index (χ0n) is 19.0. The van der Waals surface area contributed by atoms with Gasteiger partial charge in [0.05, 0.1) is 6.04 Å². The number of likely N-dealkylation sites (N-methyl/N-ethyl adjacent to an activating group) is 1. The molecule has 3 heterocycles. The topological polar surface area (TPSA) is 49.3 Å². The Bertz CT molecular complexity index is 1100. The average Bonchev–Trinajstić information content (AvgIpc) is 3.46. The maximum atomic E-state index is 13.0. The van der Waals surface area contributed by atoms with Crippen LogP contribution in [0.1, 0.15) is 59.9 Å². The van der Waals surface area contributed by atoms with Gasteiger partial charge in [-0.1, -0.05) is 19.1 Å². The predicted octanol–water partition coefficient (Wildman–Crippen LogP) is 5.68. The van der Waals surface area contributed by atoms with Gasteiger partial charge >= 0.3 is 6.03 Å². The number of hydrogen-bond donors (Lipinski definition) is 2. The van der Waals surface area contributed by atoms with Crippen molar-refractivity contribution in [2.45, 2.75) is 58.5 Å². The van der Waals surface area contributed by atoms with Gasteiger partial charge in [-0.05, 0) is 80.5 Å². The van der Waals surface area contributed by atoms with Crippen LogP contribution in [0.4, 0.5) is 10.5 Å². The lowest BCUT2D eigenvalue weighted by molar-refractivity contribution is 0.249. The summed E-state index contributed by atoms with van der Waals surface area (Å²) in [4.78, 5) is 17.0. The summed E-state index contributed by atoms with van der Waals surface area (Å²) >= 11 is 1.87. The van der Waals surface area contributed by atoms with Crippen LogP contribution in [0.2, 0.25) is 0 Å². The number of carbonyl (C=O) groups is 1. The SMILES string of the molecule is CCN1CCc2c(sc(-n3cccc3)c2C(C)NC(=O)Nc2cccc3c2CCCC3)C1. The van der Waals surface area contributed by atoms with Crippen molar-refractivity contribution < 1.29 is 4.79 Å². The molecule has 1 aliphatic carbocycles. The largest absolute Gasteiger partial charge is 0.331 e. The summed E-state index contributed by atoms with van der Waals surface area (Å²) in [5, 5.41) is 7.62. The third-order valence-corrected chi connectivity index (χ3v) is 8.11. The fourth-order valence-corrected chi connectivity index (χ4v) is 6.62. The van der Waals surface area contributed by atoms with Crippen molar-refractivity contribution in [1.82, 2.24) is 14.8 Å². The number of rotatable bonds is 5. The predicted molar refractivity (Wildman–Crippen MR) is 132 cm³/mol. The van der Waals surface area contributed by atoms with Gasteiger partial charge in [-0.2, -0.15) is 0 Å². The molecular weight excluding hydrogens is 416 g/mol. The molecular formula is C26H32N4OS. The third kappa shape index (κ3) is 4.09. The highest BCUT2D eigenvalue weighted by Gasteiger charge is 2.28. The molecule has 5 nitrogen and oxygen atoms in total. The molecule has 0 spiro atoms. The van der Waals surface area contributed by atoms with E-state index in [-0.39, 0.29) is 12.1 Å². The minimum absolute atomic E-state index is 0.0693. The number of amides is 2. The van der Waals surface area contributed by atoms with Crippen molar-refractivity contribution in [3.63, 3.8) is 0 Å². The fourth-order valence-electron chi connectivity index (χ4n) is 5.17. The highest BCUT2D eigenvalue weighted by molar-refractivity contribution is 7.15. The Labute approximate surface area is 194 Å². The van der Waals surface area contributed by atoms with Gasteiger partial charge in [-0.25, -0.2) is 4.79 Å². The summed E-state index contributed by atoms with van der Waals surface area (Å²) in [5.41, 5.74) is 6.34. The number of fused-ring (bicyclic) bond motifs is 2. The van der Waals surface area contributed by atoms with Crippen molar-refractivity contribution in [2.75, 3.05) is 18.4 Å². The number of nitrogens with one attached hydrogen (secondary N) is 2. The Morgan fingerprint density at radius 1 is 1.09 bits per heavy atom. The van der Waals surface area contributed by atoms with Crippen molar-refractivity contribution in [2.24, 2.45) is 0 Å². The molecule has 0 saturated heterocycles. The molecule has 5 rings (SSSR count). The van der Waals surface area contributed by atoms with Crippen LogP contribution in [0.15, 0.2) is 42.7 Å². The molecule has 32 heavy (non-hydrogen) atoms. The van der Waals surface area contributed by atoms with Crippen LogP contribution in [-0.4, -0.2) is 28.6 Å². The second kappa shape index (κ2) is 9.12. The molecule has 1 aliphatic heterocycles. The number of anilines is 1. The minimum Gasteiger partial charge on any atom is -0.331 e. The van der Waals surface area contributed by atoms with Gasteiger partial charge in [0.2, 0.25) is 0 Å². The molecule has 1 atom stereocenters. The average molecular weight is 449 g/mol. The maximum Gasteiger partial charge on any atom is 0.319 e. The lowest BCUT2D eigenvalue weighted by Gasteiger charge is -2.27. The van der Waals surface area contributed by atoms with Crippen LogP contribution in [-0.2, 0) is 25.8 Å². The summed E-state index contributed by atoms with van der Waals surface area (Å²) in [7, 11) is 0. The molecule has 168 valence electrons. The summed E-state index contributed by atoms with van der Waals surface area (Å²) in [5.74, 6) is 0. The first kappa shape index (κ1) is 21.3. The first-order valence-electron chi connectivity index (χ1n) is 11.8. The molecule has 2 amide bonds. The van der Waals surface area contributed by atoms with E-state index < -0.39 is 0 Å². The lowest BCUT2D eigenvalue weighted by atomic mass is 9.90. The first-order chi connectivity index (χ1) is 15.6. The third-order valence-electron chi connectivity index (χ3n) is 6.87. The highest BCUT2D eigenvalue weighted by Crippen LogP contribution is 2.39. The highest BCUT2D eigenvalue weighted by atomic mass is 32.1. The van der Waals surface area contributed by atoms with Gasteiger partial charge in [0.25, 0.3) is 0 Å². The van der Waals surface area contributed by atoms with Crippen molar-refractivity contribution in [3.8, 4) is 5.00 Å². The van der Waals surface area contributed by atoms with Gasteiger partial charge < -0.3 is 15.2 Å². The van der Waals surface area contributed by atoms with Gasteiger partial charge in [-0.15, -0.1) is 11.3 Å². The van der Waals surface area contributed by atoms with E-state index in [4.69, 9.17) is 0 Å². The molecule has 3 aromatic rings. The molecule has 6 heteroatoms. The van der Waals surface area contributed by atoms with Crippen LogP contribution in [0.3, 0.4) is 0 Å². The summed E-state index contributed by atoms with van der Waals surface area (Å²) in [6.45, 7) is 7.49. The molecule has 2 aromatic heterocycles. The van der Waals surface area contributed by atoms with Crippen molar-refractivity contribution in [1.29, 1.82) is 0 Å². The number of urea groups is 1. The van der Waals surface area contributed by atoms with E-state index in [1.54, 1.807) is 0 Å². The Morgan fingerprint density at radius 2 is 1.91 bits per heavy atom. The zero-order valence-corrected chi connectivity index (χ0v) is 19.8. The van der Waals surface area contributed by atoms with Crippen LogP contribution in [0.25, 0.3) is 5.00 Å². The number of thiophene rings is 1. The summed E-state index contributed by atoms with van der Waals surface area (Å²) in [6, 6.07) is 10.2. The number of aryl methyl sites for hydroxylation is 1. The summed E-state index contributed by atoms with van der Waals surface area (Å²) < 4.78 is 2.19. The first-order valence-corrected chi connectivity index (χ1v) is 12.6. The summed E-state index contributed by atoms with van der Waals surface area (Å²) in [6.07, 6.45) is 9.82. The van der Waals surface area contributed by atoms with Gasteiger partial charge in [0.1, 0.15) is 5.00 Å². The van der Waals surface area contributed by atoms with Crippen LogP contribution in [0.5, 0.6) is 0 Å². The monoisotopic (exact) mass is 448 g/mol. The molecule has 0 bridgehead atoms. The maximum absolute atomic E-state index is 13.0. The Kier molecular flexibility index (Phi) is 6.07. The number of carbonyl (C=O) groups excluding carboxylic acids is 1. The molecule has 1 unspecified atom stereocenters. The van der Waals surface area contributed by atoms with E-state index in [9.17, 15) is 4.79 Å². The van der Waals surface area contributed by atoms with E-state index >= 15 is 0 Å². The normalized spacial score (nSPS) is 16.8. The van der Waals surface area contributed by atoms with Gasteiger partial charge in [0.15, 0.2) is 0 Å². The molecule has 2 N–H and O–H groups in total. The standard InChI is InChI=1S/C26H32N4OS/c1-3-29-16-13-21-23(17-29)32-25(30-14-6-7-15-30)24(21)18(2)27-26(31)28-22-12-8-10-19-9-4-5-11-20(19)22/h6-8,10,12,14-15,18H,3-5,9,11,13,16-17H2,1-2H3,(H2,27,28,31). The second-order valence-corrected chi connectivity index (χ2v) is 9.99. The molecule has 1 aromatic carbocycles. The van der Waals surface area contributed by atoms with Crippen LogP contribution < -0.4 is 10.6 Å². The smallest absolute Gasteiger partial charge is 0.319 e. The zero-order chi connectivity index (χ0) is 22.1. The number of benzene rings is 1. The number of nitrogens with zero attached hydrogens (tertiary/aromatic N) is 2. The van der Waals surface area contributed by atoms with E-state index in [1.165, 1.54) is 45.0 Å². The van der Waals surface area contributed by atoms with E-state index in [1.807, 2.05) is 17.4 Å². The lowest BCUT2D eigenvalue weighted by Crippen LogP contribution is -2.33.